The second kappa shape index (κ2) is 6.49. The van der Waals surface area contributed by atoms with E-state index in [1.807, 2.05) is 11.6 Å². The number of hydrogen-bond donors (Lipinski definition) is 2. The number of nitrogens with two attached hydrogens (primary N) is 1. The van der Waals surface area contributed by atoms with Crippen molar-refractivity contribution in [3.8, 4) is 0 Å². The Morgan fingerprint density at radius 3 is 2.63 bits per heavy atom. The number of hydrazine groups is 1. The lowest BCUT2D eigenvalue weighted by Crippen LogP contribution is -2.30. The summed E-state index contributed by atoms with van der Waals surface area (Å²) in [5.41, 5.74) is 6.36. The second-order valence-electron chi connectivity index (χ2n) is 4.57. The molecule has 1 aromatic carbocycles. The first kappa shape index (κ1) is 14.5. The minimum atomic E-state index is 0.110. The van der Waals surface area contributed by atoms with Gasteiger partial charge in [0.2, 0.25) is 0 Å². The predicted octanol–water partition coefficient (Wildman–Crippen LogP) is 2.56. The highest BCUT2D eigenvalue weighted by Crippen LogP contribution is 2.19. The molecule has 0 fully saturated rings. The topological polar surface area (TPSA) is 55.9 Å². The van der Waals surface area contributed by atoms with Crippen molar-refractivity contribution >= 4 is 22.6 Å². The smallest absolute Gasteiger partial charge is 0.0596 e. The third kappa shape index (κ3) is 3.55. The van der Waals surface area contributed by atoms with Gasteiger partial charge in [-0.15, -0.1) is 0 Å². The van der Waals surface area contributed by atoms with Crippen molar-refractivity contribution in [1.29, 1.82) is 0 Å². The molecule has 102 valence electrons. The Morgan fingerprint density at radius 2 is 2.05 bits per heavy atom. The molecule has 0 spiro atoms. The van der Waals surface area contributed by atoms with E-state index in [1.54, 1.807) is 0 Å². The number of benzene rings is 1. The highest BCUT2D eigenvalue weighted by molar-refractivity contribution is 14.1. The molecule has 2 rings (SSSR count). The molecule has 19 heavy (non-hydrogen) atoms. The van der Waals surface area contributed by atoms with Crippen LogP contribution in [-0.4, -0.2) is 9.78 Å². The van der Waals surface area contributed by atoms with Crippen LogP contribution in [0.5, 0.6) is 0 Å². The Balaban J connectivity index is 2.21. The zero-order valence-corrected chi connectivity index (χ0v) is 13.4. The van der Waals surface area contributed by atoms with Gasteiger partial charge in [-0.2, -0.15) is 5.10 Å². The number of aromatic nitrogens is 2. The lowest BCUT2D eigenvalue weighted by atomic mass is 10.0. The summed E-state index contributed by atoms with van der Waals surface area (Å²) in [4.78, 5) is 0. The van der Waals surface area contributed by atoms with Crippen LogP contribution in [0, 0.1) is 10.5 Å². The second-order valence-corrected chi connectivity index (χ2v) is 5.81. The van der Waals surface area contributed by atoms with E-state index in [4.69, 9.17) is 5.84 Å². The first-order valence-electron chi connectivity index (χ1n) is 6.39. The van der Waals surface area contributed by atoms with Crippen molar-refractivity contribution < 1.29 is 0 Å². The molecule has 0 radical (unpaired) electrons. The van der Waals surface area contributed by atoms with Gasteiger partial charge in [0.15, 0.2) is 0 Å². The summed E-state index contributed by atoms with van der Waals surface area (Å²) in [7, 11) is 0. The lowest BCUT2D eigenvalue weighted by molar-refractivity contribution is 0.517. The molecule has 4 nitrogen and oxygen atoms in total. The maximum Gasteiger partial charge on any atom is 0.0596 e. The highest BCUT2D eigenvalue weighted by atomic mass is 127. The van der Waals surface area contributed by atoms with Crippen molar-refractivity contribution in [1.82, 2.24) is 15.2 Å². The van der Waals surface area contributed by atoms with Crippen molar-refractivity contribution in [3.05, 3.63) is 50.9 Å². The molecule has 0 aliphatic rings. The summed E-state index contributed by atoms with van der Waals surface area (Å²) >= 11 is 2.30. The normalized spacial score (nSPS) is 12.6. The molecule has 1 aromatic heterocycles. The molecular formula is C14H19IN4. The van der Waals surface area contributed by atoms with Gasteiger partial charge in [0, 0.05) is 22.2 Å². The molecule has 0 bridgehead atoms. The first-order valence-corrected chi connectivity index (χ1v) is 7.46. The molecule has 3 N–H and O–H groups in total. The first-order chi connectivity index (χ1) is 9.13. The molecule has 5 heteroatoms. The van der Waals surface area contributed by atoms with Gasteiger partial charge in [-0.3, -0.25) is 16.0 Å². The SMILES string of the molecule is CCn1nc(C)cc1CC(NN)c1ccc(I)cc1. The van der Waals surface area contributed by atoms with E-state index >= 15 is 0 Å². The molecule has 1 unspecified atom stereocenters. The Labute approximate surface area is 127 Å². The maximum atomic E-state index is 5.71. The summed E-state index contributed by atoms with van der Waals surface area (Å²) in [6, 6.07) is 10.7. The Morgan fingerprint density at radius 1 is 1.37 bits per heavy atom. The average molecular weight is 370 g/mol. The maximum absolute atomic E-state index is 5.71. The lowest BCUT2D eigenvalue weighted by Gasteiger charge is -2.17. The van der Waals surface area contributed by atoms with Crippen LogP contribution >= 0.6 is 22.6 Å². The molecule has 0 amide bonds. The number of rotatable bonds is 5. The number of nitrogens with one attached hydrogen (secondary N) is 1. The molecule has 2 aromatic rings. The molecule has 0 aliphatic heterocycles. The van der Waals surface area contributed by atoms with E-state index in [-0.39, 0.29) is 6.04 Å². The Bertz CT molecular complexity index is 533. The highest BCUT2D eigenvalue weighted by Gasteiger charge is 2.14. The van der Waals surface area contributed by atoms with Crippen LogP contribution < -0.4 is 11.3 Å². The van der Waals surface area contributed by atoms with Gasteiger partial charge in [-0.25, -0.2) is 0 Å². The largest absolute Gasteiger partial charge is 0.271 e. The van der Waals surface area contributed by atoms with Crippen LogP contribution in [0.4, 0.5) is 0 Å². The minimum Gasteiger partial charge on any atom is -0.271 e. The summed E-state index contributed by atoms with van der Waals surface area (Å²) < 4.78 is 3.26. The van der Waals surface area contributed by atoms with Crippen molar-refractivity contribution in [2.24, 2.45) is 5.84 Å². The molecule has 0 aliphatic carbocycles. The zero-order valence-electron chi connectivity index (χ0n) is 11.2. The molecule has 0 saturated carbocycles. The molecule has 0 saturated heterocycles. The van der Waals surface area contributed by atoms with Gasteiger partial charge in [0.25, 0.3) is 0 Å². The summed E-state index contributed by atoms with van der Waals surface area (Å²) in [6.45, 7) is 5.00. The van der Waals surface area contributed by atoms with Crippen LogP contribution in [0.1, 0.15) is 29.9 Å². The number of halogens is 1. The predicted molar refractivity (Wildman–Crippen MR) is 85.6 cm³/mol. The van der Waals surface area contributed by atoms with Gasteiger partial charge in [-0.05, 0) is 60.2 Å². The van der Waals surface area contributed by atoms with Crippen LogP contribution in [-0.2, 0) is 13.0 Å². The van der Waals surface area contributed by atoms with Gasteiger partial charge in [-0.1, -0.05) is 12.1 Å². The van der Waals surface area contributed by atoms with Crippen LogP contribution in [0.25, 0.3) is 0 Å². The minimum absolute atomic E-state index is 0.110. The Kier molecular flexibility index (Phi) is 4.95. The van der Waals surface area contributed by atoms with Gasteiger partial charge < -0.3 is 0 Å². The van der Waals surface area contributed by atoms with Gasteiger partial charge in [0.05, 0.1) is 11.7 Å². The fourth-order valence-corrected chi connectivity index (χ4v) is 2.57. The van der Waals surface area contributed by atoms with E-state index in [0.29, 0.717) is 0 Å². The van der Waals surface area contributed by atoms with E-state index in [0.717, 1.165) is 18.7 Å². The summed E-state index contributed by atoms with van der Waals surface area (Å²) in [5, 5.41) is 4.47. The van der Waals surface area contributed by atoms with E-state index in [1.165, 1.54) is 14.8 Å². The molecule has 1 atom stereocenters. The van der Waals surface area contributed by atoms with Gasteiger partial charge >= 0.3 is 0 Å². The van der Waals surface area contributed by atoms with E-state index < -0.39 is 0 Å². The fraction of sp³-hybridized carbons (Fsp3) is 0.357. The number of aryl methyl sites for hydroxylation is 2. The quantitative estimate of drug-likeness (QED) is 0.483. The van der Waals surface area contributed by atoms with Crippen LogP contribution in [0.3, 0.4) is 0 Å². The Hall–Kier alpha value is -0.920. The standard InChI is InChI=1S/C14H19IN4/c1-3-19-13(8-10(2)18-19)9-14(17-16)11-4-6-12(15)7-5-11/h4-8,14,17H,3,9,16H2,1-2H3. The number of hydrogen-bond acceptors (Lipinski definition) is 3. The summed E-state index contributed by atoms with van der Waals surface area (Å²) in [5.74, 6) is 5.71. The number of nitrogens with zero attached hydrogens (tertiary/aromatic N) is 2. The third-order valence-electron chi connectivity index (χ3n) is 3.17. The zero-order chi connectivity index (χ0) is 13.8. The van der Waals surface area contributed by atoms with Crippen LogP contribution in [0.2, 0.25) is 0 Å². The summed E-state index contributed by atoms with van der Waals surface area (Å²) in [6.07, 6.45) is 0.839. The van der Waals surface area contributed by atoms with Crippen molar-refractivity contribution in [3.63, 3.8) is 0 Å². The van der Waals surface area contributed by atoms with Crippen molar-refractivity contribution in [2.45, 2.75) is 32.9 Å². The van der Waals surface area contributed by atoms with Gasteiger partial charge in [0.1, 0.15) is 0 Å². The van der Waals surface area contributed by atoms with Crippen LogP contribution in [0.15, 0.2) is 30.3 Å². The molecule has 1 heterocycles. The third-order valence-corrected chi connectivity index (χ3v) is 3.89. The van der Waals surface area contributed by atoms with E-state index in [2.05, 4.69) is 70.4 Å². The molecular weight excluding hydrogens is 351 g/mol. The van der Waals surface area contributed by atoms with E-state index in [9.17, 15) is 0 Å². The average Bonchev–Trinajstić information content (AvgIpc) is 2.77. The monoisotopic (exact) mass is 370 g/mol. The van der Waals surface area contributed by atoms with Crippen molar-refractivity contribution in [2.75, 3.05) is 0 Å². The fourth-order valence-electron chi connectivity index (χ4n) is 2.21.